The average Bonchev–Trinajstić information content (AvgIpc) is 3.21. The molecule has 5 aromatic carbocycles. The lowest BCUT2D eigenvalue weighted by Gasteiger charge is -2.18. The van der Waals surface area contributed by atoms with Crippen LogP contribution in [-0.4, -0.2) is 44.7 Å². The zero-order valence-electron chi connectivity index (χ0n) is 29.7. The van der Waals surface area contributed by atoms with Crippen LogP contribution in [0.25, 0.3) is 12.2 Å². The summed E-state index contributed by atoms with van der Waals surface area (Å²) in [5, 5.41) is 35.8. The number of fused-ring (bicyclic) bond motifs is 2. The number of non-ortho nitro benzene ring substituents is 2. The number of nitrogens with zero attached hydrogens (tertiary/aromatic N) is 4. The largest absolute Gasteiger partial charge is 0.322 e. The Balaban J connectivity index is 1.07. The van der Waals surface area contributed by atoms with Crippen molar-refractivity contribution in [2.45, 2.75) is 0 Å². The molecule has 0 unspecified atom stereocenters. The maximum absolute atomic E-state index is 13.7. The van der Waals surface area contributed by atoms with Gasteiger partial charge in [-0.25, -0.2) is 0 Å². The third-order valence-corrected chi connectivity index (χ3v) is 9.76. The standard InChI is InChI=1S/C40H23Cl3N8O8/c41-29-17-22(44-39(54)27-15-20-5-1-3-7-25(20)35(37(27)52)48-46-33-13-10-23(50(56)57)18-30(33)42)9-12-32(29)45-40(55)28-16-21-6-2-4-8-26(21)36(38(28)53)49-47-34-14-11-24(51(58)59)19-31(34)43/h1-19,46-47H,(H,44,54)(H,45,55)/b48-35-,49-36+. The van der Waals surface area contributed by atoms with E-state index in [0.29, 0.717) is 22.3 Å². The Morgan fingerprint density at radius 1 is 0.542 bits per heavy atom. The van der Waals surface area contributed by atoms with Gasteiger partial charge in [-0.3, -0.25) is 50.3 Å². The number of nitro groups is 2. The molecule has 292 valence electrons. The number of carbonyl (C=O) groups is 4. The molecule has 0 saturated heterocycles. The molecule has 0 aliphatic heterocycles. The van der Waals surface area contributed by atoms with E-state index < -0.39 is 33.2 Å². The molecule has 19 heteroatoms. The van der Waals surface area contributed by atoms with Crippen LogP contribution >= 0.6 is 34.8 Å². The van der Waals surface area contributed by atoms with Crippen molar-refractivity contribution in [3.63, 3.8) is 0 Å². The third-order valence-electron chi connectivity index (χ3n) is 8.82. The van der Waals surface area contributed by atoms with Gasteiger partial charge in [0, 0.05) is 41.1 Å². The van der Waals surface area contributed by atoms with E-state index in [-0.39, 0.29) is 71.8 Å². The summed E-state index contributed by atoms with van der Waals surface area (Å²) in [4.78, 5) is 75.5. The summed E-state index contributed by atoms with van der Waals surface area (Å²) in [6.07, 6.45) is 2.80. The summed E-state index contributed by atoms with van der Waals surface area (Å²) in [7, 11) is 0. The minimum Gasteiger partial charge on any atom is -0.322 e. The molecule has 59 heavy (non-hydrogen) atoms. The van der Waals surface area contributed by atoms with E-state index in [4.69, 9.17) is 34.8 Å². The smallest absolute Gasteiger partial charge is 0.271 e. The number of carbonyl (C=O) groups excluding carboxylic acids is 4. The topological polar surface area (TPSA) is 227 Å². The lowest BCUT2D eigenvalue weighted by Crippen LogP contribution is -2.30. The number of Topliss-reactive ketones (excluding diaryl/α,β-unsaturated/α-hetero) is 2. The number of nitrogens with one attached hydrogen (secondary N) is 4. The van der Waals surface area contributed by atoms with E-state index >= 15 is 0 Å². The number of benzene rings is 5. The second-order valence-corrected chi connectivity index (χ2v) is 13.8. The third kappa shape index (κ3) is 8.31. The van der Waals surface area contributed by atoms with Gasteiger partial charge in [0.05, 0.1) is 53.1 Å². The molecule has 0 bridgehead atoms. The lowest BCUT2D eigenvalue weighted by molar-refractivity contribution is -0.385. The van der Waals surface area contributed by atoms with Crippen molar-refractivity contribution in [3.8, 4) is 0 Å². The van der Waals surface area contributed by atoms with Gasteiger partial charge in [0.2, 0.25) is 11.6 Å². The molecular weight excluding hydrogens is 827 g/mol. The highest BCUT2D eigenvalue weighted by molar-refractivity contribution is 6.60. The van der Waals surface area contributed by atoms with Crippen molar-refractivity contribution < 1.29 is 29.0 Å². The van der Waals surface area contributed by atoms with Crippen LogP contribution in [0.2, 0.25) is 15.1 Å². The first-order chi connectivity index (χ1) is 28.3. The number of ketones is 2. The Bertz CT molecular complexity index is 2820. The number of amides is 2. The first-order valence-electron chi connectivity index (χ1n) is 17.0. The van der Waals surface area contributed by atoms with Crippen molar-refractivity contribution >= 4 is 116 Å². The van der Waals surface area contributed by atoms with Crippen LogP contribution in [0.1, 0.15) is 22.3 Å². The first kappa shape index (κ1) is 39.7. The van der Waals surface area contributed by atoms with E-state index in [9.17, 15) is 39.4 Å². The zero-order chi connectivity index (χ0) is 42.0. The zero-order valence-corrected chi connectivity index (χ0v) is 31.9. The van der Waals surface area contributed by atoms with E-state index in [1.165, 1.54) is 54.6 Å². The fourth-order valence-corrected chi connectivity index (χ4v) is 6.57. The van der Waals surface area contributed by atoms with Crippen LogP contribution in [0.5, 0.6) is 0 Å². The summed E-state index contributed by atoms with van der Waals surface area (Å²) in [6, 6.07) is 24.9. The van der Waals surface area contributed by atoms with Gasteiger partial charge in [-0.15, -0.1) is 0 Å². The highest BCUT2D eigenvalue weighted by Gasteiger charge is 2.32. The second kappa shape index (κ2) is 16.5. The number of hydrazone groups is 2. The van der Waals surface area contributed by atoms with Gasteiger partial charge in [0.15, 0.2) is 0 Å². The van der Waals surface area contributed by atoms with Crippen LogP contribution in [0.3, 0.4) is 0 Å². The fraction of sp³-hybridized carbons (Fsp3) is 0. The molecule has 4 N–H and O–H groups in total. The Kier molecular flexibility index (Phi) is 11.1. The molecule has 2 aliphatic carbocycles. The SMILES string of the molecule is O=C(Nc1ccc(NC(=O)C2=Cc3ccccc3/C(=N\Nc3ccc([N+](=O)[O-])cc3Cl)C2=O)c(Cl)c1)C1=Cc2ccccc2/C(=N/Nc2ccc([N+](=O)[O-])cc2Cl)C1=O. The normalized spacial score (nSPS) is 14.4. The molecule has 2 amide bonds. The fourth-order valence-electron chi connectivity index (χ4n) is 5.91. The minimum absolute atomic E-state index is 0.0176. The summed E-state index contributed by atoms with van der Waals surface area (Å²) < 4.78 is 0. The van der Waals surface area contributed by atoms with Gasteiger partial charge in [0.25, 0.3) is 23.2 Å². The molecule has 0 spiro atoms. The molecule has 5 aromatic rings. The van der Waals surface area contributed by atoms with Gasteiger partial charge in [-0.05, 0) is 53.6 Å². The molecule has 2 aliphatic rings. The molecule has 0 saturated carbocycles. The molecule has 7 rings (SSSR count). The van der Waals surface area contributed by atoms with Gasteiger partial charge in [-0.1, -0.05) is 83.3 Å². The summed E-state index contributed by atoms with van der Waals surface area (Å²) in [5.74, 6) is -3.10. The highest BCUT2D eigenvalue weighted by Crippen LogP contribution is 2.32. The van der Waals surface area contributed by atoms with Crippen molar-refractivity contribution in [2.75, 3.05) is 21.5 Å². The van der Waals surface area contributed by atoms with Crippen LogP contribution < -0.4 is 21.5 Å². The predicted molar refractivity (Wildman–Crippen MR) is 224 cm³/mol. The minimum atomic E-state index is -0.823. The van der Waals surface area contributed by atoms with Crippen molar-refractivity contribution in [1.29, 1.82) is 0 Å². The molecule has 0 heterocycles. The van der Waals surface area contributed by atoms with Gasteiger partial charge >= 0.3 is 0 Å². The van der Waals surface area contributed by atoms with E-state index in [0.717, 1.165) is 12.1 Å². The second-order valence-electron chi connectivity index (χ2n) is 12.5. The molecular formula is C40H23Cl3N8O8. The van der Waals surface area contributed by atoms with E-state index in [2.05, 4.69) is 31.7 Å². The summed E-state index contributed by atoms with van der Waals surface area (Å²) in [5.41, 5.74) is 6.49. The van der Waals surface area contributed by atoms with Crippen LogP contribution in [0, 0.1) is 20.2 Å². The number of nitro benzene ring substituents is 2. The van der Waals surface area contributed by atoms with Crippen molar-refractivity contribution in [2.24, 2.45) is 10.2 Å². The molecule has 0 atom stereocenters. The van der Waals surface area contributed by atoms with E-state index in [1.807, 2.05) is 0 Å². The van der Waals surface area contributed by atoms with Crippen LogP contribution in [-0.2, 0) is 19.2 Å². The number of hydrogen-bond acceptors (Lipinski definition) is 12. The lowest BCUT2D eigenvalue weighted by atomic mass is 9.89. The average molecular weight is 850 g/mol. The van der Waals surface area contributed by atoms with Crippen molar-refractivity contribution in [1.82, 2.24) is 0 Å². The molecule has 16 nitrogen and oxygen atoms in total. The number of hydrogen-bond donors (Lipinski definition) is 4. The first-order valence-corrected chi connectivity index (χ1v) is 18.1. The van der Waals surface area contributed by atoms with Crippen LogP contribution in [0.15, 0.2) is 124 Å². The number of anilines is 4. The number of halogens is 3. The van der Waals surface area contributed by atoms with Gasteiger partial charge in [-0.2, -0.15) is 10.2 Å². The maximum atomic E-state index is 13.7. The summed E-state index contributed by atoms with van der Waals surface area (Å²) >= 11 is 18.9. The molecule has 0 aromatic heterocycles. The Hall–Kier alpha value is -7.53. The maximum Gasteiger partial charge on any atom is 0.271 e. The Morgan fingerprint density at radius 3 is 1.41 bits per heavy atom. The van der Waals surface area contributed by atoms with Crippen molar-refractivity contribution in [3.05, 3.63) is 172 Å². The van der Waals surface area contributed by atoms with Crippen LogP contribution in [0.4, 0.5) is 34.1 Å². The summed E-state index contributed by atoms with van der Waals surface area (Å²) in [6.45, 7) is 0. The number of rotatable bonds is 10. The molecule has 0 fully saturated rings. The van der Waals surface area contributed by atoms with E-state index in [1.54, 1.807) is 48.5 Å². The highest BCUT2D eigenvalue weighted by atomic mass is 35.5. The monoisotopic (exact) mass is 848 g/mol. The van der Waals surface area contributed by atoms with Gasteiger partial charge in [0.1, 0.15) is 11.4 Å². The quantitative estimate of drug-likeness (QED) is 0.0597. The molecule has 0 radical (unpaired) electrons. The van der Waals surface area contributed by atoms with Gasteiger partial charge < -0.3 is 10.6 Å². The Labute approximate surface area is 347 Å². The Morgan fingerprint density at radius 2 is 0.966 bits per heavy atom. The predicted octanol–water partition coefficient (Wildman–Crippen LogP) is 8.31.